The third kappa shape index (κ3) is 2.91. The number of rotatable bonds is 4. The summed E-state index contributed by atoms with van der Waals surface area (Å²) in [6, 6.07) is 8.02. The van der Waals surface area contributed by atoms with Crippen molar-refractivity contribution in [1.82, 2.24) is 10.1 Å². The molecule has 3 rings (SSSR count). The zero-order chi connectivity index (χ0) is 14.8. The maximum atomic E-state index is 6.04. The van der Waals surface area contributed by atoms with Gasteiger partial charge < -0.3 is 15.0 Å². The second kappa shape index (κ2) is 6.07. The number of hydrogen-bond acceptors (Lipinski definition) is 6. The van der Waals surface area contributed by atoms with Gasteiger partial charge in [-0.05, 0) is 18.6 Å². The summed E-state index contributed by atoms with van der Waals surface area (Å²) >= 11 is 1.75. The first-order valence-corrected chi connectivity index (χ1v) is 8.15. The molecule has 2 heterocycles. The lowest BCUT2D eigenvalue weighted by molar-refractivity contribution is 0.205. The zero-order valence-electron chi connectivity index (χ0n) is 12.2. The molecular formula is C15H19N3O2S. The molecule has 0 aliphatic carbocycles. The van der Waals surface area contributed by atoms with Crippen LogP contribution in [-0.2, 0) is 0 Å². The Morgan fingerprint density at radius 3 is 3.05 bits per heavy atom. The number of benzene rings is 1. The average molecular weight is 305 g/mol. The minimum Gasteiger partial charge on any atom is -0.480 e. The van der Waals surface area contributed by atoms with Crippen LogP contribution in [0.5, 0.6) is 5.75 Å². The molecule has 3 atom stereocenters. The van der Waals surface area contributed by atoms with Crippen molar-refractivity contribution >= 4 is 11.8 Å². The first-order valence-electron chi connectivity index (χ1n) is 7.16. The van der Waals surface area contributed by atoms with Crippen LogP contribution in [0.15, 0.2) is 33.7 Å². The summed E-state index contributed by atoms with van der Waals surface area (Å²) in [5.74, 6) is 2.90. The third-order valence-electron chi connectivity index (χ3n) is 3.76. The fraction of sp³-hybridized carbons (Fsp3) is 0.467. The van der Waals surface area contributed by atoms with Gasteiger partial charge in [-0.1, -0.05) is 31.1 Å². The van der Waals surface area contributed by atoms with Crippen LogP contribution in [-0.4, -0.2) is 21.9 Å². The number of hydrogen-bond donors (Lipinski definition) is 1. The molecule has 0 saturated carbocycles. The SMILES string of the molecule is CCC(N)C(C)c1nc(C2CSc3ccccc3O2)no1. The van der Waals surface area contributed by atoms with Gasteiger partial charge in [0.2, 0.25) is 11.7 Å². The number of thioether (sulfide) groups is 1. The van der Waals surface area contributed by atoms with Crippen molar-refractivity contribution in [2.75, 3.05) is 5.75 Å². The van der Waals surface area contributed by atoms with Crippen molar-refractivity contribution in [3.63, 3.8) is 0 Å². The molecule has 1 aromatic heterocycles. The molecule has 112 valence electrons. The molecule has 3 unspecified atom stereocenters. The van der Waals surface area contributed by atoms with Gasteiger partial charge in [0.25, 0.3) is 0 Å². The Bertz CT molecular complexity index is 616. The molecule has 0 spiro atoms. The molecule has 2 aromatic rings. The van der Waals surface area contributed by atoms with E-state index in [1.54, 1.807) is 11.8 Å². The maximum Gasteiger partial charge on any atom is 0.231 e. The third-order valence-corrected chi connectivity index (χ3v) is 4.87. The van der Waals surface area contributed by atoms with E-state index < -0.39 is 0 Å². The quantitative estimate of drug-likeness (QED) is 0.935. The second-order valence-corrected chi connectivity index (χ2v) is 6.28. The highest BCUT2D eigenvalue weighted by atomic mass is 32.2. The van der Waals surface area contributed by atoms with Gasteiger partial charge in [0.05, 0.1) is 5.92 Å². The van der Waals surface area contributed by atoms with E-state index in [-0.39, 0.29) is 18.1 Å². The highest BCUT2D eigenvalue weighted by Crippen LogP contribution is 2.39. The van der Waals surface area contributed by atoms with Gasteiger partial charge in [0.15, 0.2) is 6.10 Å². The molecule has 1 aromatic carbocycles. The summed E-state index contributed by atoms with van der Waals surface area (Å²) in [5, 5.41) is 4.07. The summed E-state index contributed by atoms with van der Waals surface area (Å²) in [4.78, 5) is 5.63. The minimum atomic E-state index is -0.174. The first-order chi connectivity index (χ1) is 10.2. The smallest absolute Gasteiger partial charge is 0.231 e. The van der Waals surface area contributed by atoms with Crippen molar-refractivity contribution in [3.05, 3.63) is 36.0 Å². The topological polar surface area (TPSA) is 74.2 Å². The van der Waals surface area contributed by atoms with E-state index in [4.69, 9.17) is 15.0 Å². The lowest BCUT2D eigenvalue weighted by Crippen LogP contribution is -2.26. The van der Waals surface area contributed by atoms with Gasteiger partial charge in [-0.15, -0.1) is 11.8 Å². The van der Waals surface area contributed by atoms with E-state index in [0.717, 1.165) is 22.8 Å². The monoisotopic (exact) mass is 305 g/mol. The molecule has 0 saturated heterocycles. The fourth-order valence-corrected chi connectivity index (χ4v) is 3.23. The highest BCUT2D eigenvalue weighted by Gasteiger charge is 2.28. The van der Waals surface area contributed by atoms with E-state index in [0.29, 0.717) is 11.7 Å². The van der Waals surface area contributed by atoms with Crippen LogP contribution < -0.4 is 10.5 Å². The largest absolute Gasteiger partial charge is 0.480 e. The van der Waals surface area contributed by atoms with Crippen LogP contribution in [0.1, 0.15) is 44.0 Å². The summed E-state index contributed by atoms with van der Waals surface area (Å²) < 4.78 is 11.3. The van der Waals surface area contributed by atoms with Crippen molar-refractivity contribution in [2.24, 2.45) is 5.73 Å². The van der Waals surface area contributed by atoms with E-state index in [9.17, 15) is 0 Å². The van der Waals surface area contributed by atoms with Crippen LogP contribution in [0.4, 0.5) is 0 Å². The number of aromatic nitrogens is 2. The van der Waals surface area contributed by atoms with Gasteiger partial charge >= 0.3 is 0 Å². The fourth-order valence-electron chi connectivity index (χ4n) is 2.25. The minimum absolute atomic E-state index is 0.0284. The van der Waals surface area contributed by atoms with E-state index in [1.165, 1.54) is 0 Å². The molecule has 5 nitrogen and oxygen atoms in total. The molecule has 0 fully saturated rings. The van der Waals surface area contributed by atoms with Crippen molar-refractivity contribution in [3.8, 4) is 5.75 Å². The number of nitrogens with two attached hydrogens (primary N) is 1. The Morgan fingerprint density at radius 2 is 2.24 bits per heavy atom. The Hall–Kier alpha value is -1.53. The molecule has 2 N–H and O–H groups in total. The molecule has 0 bridgehead atoms. The molecule has 21 heavy (non-hydrogen) atoms. The van der Waals surface area contributed by atoms with Gasteiger partial charge in [0, 0.05) is 16.7 Å². The normalized spacial score (nSPS) is 20.4. The maximum absolute atomic E-state index is 6.04. The van der Waals surface area contributed by atoms with E-state index >= 15 is 0 Å². The average Bonchev–Trinajstić information content (AvgIpc) is 3.02. The van der Waals surface area contributed by atoms with Crippen LogP contribution in [0.2, 0.25) is 0 Å². The Balaban J connectivity index is 1.76. The molecule has 0 radical (unpaired) electrons. The number of para-hydroxylation sites is 1. The van der Waals surface area contributed by atoms with Gasteiger partial charge in [-0.3, -0.25) is 0 Å². The van der Waals surface area contributed by atoms with Crippen molar-refractivity contribution in [1.29, 1.82) is 0 Å². The van der Waals surface area contributed by atoms with E-state index in [1.807, 2.05) is 25.1 Å². The standard InChI is InChI=1S/C15H19N3O2S/c1-3-10(16)9(2)15-17-14(18-20-15)12-8-21-13-7-5-4-6-11(13)19-12/h4-7,9-10,12H,3,8,16H2,1-2H3. The number of ether oxygens (including phenoxy) is 1. The number of fused-ring (bicyclic) bond motifs is 1. The van der Waals surface area contributed by atoms with Crippen LogP contribution >= 0.6 is 11.8 Å². The van der Waals surface area contributed by atoms with Crippen LogP contribution in [0, 0.1) is 0 Å². The van der Waals surface area contributed by atoms with Crippen molar-refractivity contribution < 1.29 is 9.26 Å². The molecule has 1 aliphatic heterocycles. The molecule has 6 heteroatoms. The summed E-state index contributed by atoms with van der Waals surface area (Å²) in [6.45, 7) is 4.06. The lowest BCUT2D eigenvalue weighted by Gasteiger charge is -2.23. The summed E-state index contributed by atoms with van der Waals surface area (Å²) in [5.41, 5.74) is 6.04. The Morgan fingerprint density at radius 1 is 1.43 bits per heavy atom. The summed E-state index contributed by atoms with van der Waals surface area (Å²) in [6.07, 6.45) is 0.703. The zero-order valence-corrected chi connectivity index (χ0v) is 13.0. The van der Waals surface area contributed by atoms with Crippen LogP contribution in [0.25, 0.3) is 0 Å². The van der Waals surface area contributed by atoms with Gasteiger partial charge in [-0.25, -0.2) is 0 Å². The van der Waals surface area contributed by atoms with Crippen molar-refractivity contribution in [2.45, 2.75) is 43.2 Å². The predicted octanol–water partition coefficient (Wildman–Crippen LogP) is 3.14. The second-order valence-electron chi connectivity index (χ2n) is 5.22. The summed E-state index contributed by atoms with van der Waals surface area (Å²) in [7, 11) is 0. The number of nitrogens with zero attached hydrogens (tertiary/aromatic N) is 2. The molecule has 0 amide bonds. The first kappa shape index (κ1) is 14.4. The van der Waals surface area contributed by atoms with Gasteiger partial charge in [0.1, 0.15) is 5.75 Å². The Kier molecular flexibility index (Phi) is 4.17. The predicted molar refractivity (Wildman–Crippen MR) is 81.5 cm³/mol. The van der Waals surface area contributed by atoms with Gasteiger partial charge in [-0.2, -0.15) is 4.98 Å². The van der Waals surface area contributed by atoms with Crippen LogP contribution in [0.3, 0.4) is 0 Å². The molecular weight excluding hydrogens is 286 g/mol. The lowest BCUT2D eigenvalue weighted by atomic mass is 10.0. The highest BCUT2D eigenvalue weighted by molar-refractivity contribution is 7.99. The Labute approximate surface area is 128 Å². The van der Waals surface area contributed by atoms with E-state index in [2.05, 4.69) is 23.1 Å². The molecule has 1 aliphatic rings.